The van der Waals surface area contributed by atoms with E-state index in [1.165, 1.54) is 11.3 Å². The molecule has 1 amide bonds. The molecule has 6 nitrogen and oxygen atoms in total. The van der Waals surface area contributed by atoms with Crippen molar-refractivity contribution >= 4 is 17.2 Å². The number of rotatable bonds is 8. The third kappa shape index (κ3) is 3.62. The number of nitrogens with two attached hydrogens (primary N) is 1. The van der Waals surface area contributed by atoms with Crippen molar-refractivity contribution in [1.29, 1.82) is 0 Å². The van der Waals surface area contributed by atoms with Gasteiger partial charge in [0.25, 0.3) is 5.91 Å². The van der Waals surface area contributed by atoms with E-state index < -0.39 is 5.91 Å². The van der Waals surface area contributed by atoms with Crippen LogP contribution in [0.5, 0.6) is 11.5 Å². The summed E-state index contributed by atoms with van der Waals surface area (Å²) < 4.78 is 12.9. The number of carbonyl (C=O) groups is 1. The maximum absolute atomic E-state index is 12.2. The van der Waals surface area contributed by atoms with Gasteiger partial charge in [-0.05, 0) is 37.5 Å². The number of nitrogens with zero attached hydrogens (tertiary/aromatic N) is 2. The fourth-order valence-electron chi connectivity index (χ4n) is 3.62. The standard InChI is InChI=1S/C21H25N3O3S/c1-5-15-19(21-23-9-11-28-21)18(20(22)25)13(2)24(15)10-8-14-6-7-16(26-3)17(12-14)27-4/h6-7,9,11-12H,5,8,10H2,1-4H3,(H2,22,25). The lowest BCUT2D eigenvalue weighted by molar-refractivity contribution is 0.1000. The van der Waals surface area contributed by atoms with Crippen molar-refractivity contribution in [3.63, 3.8) is 0 Å². The molecule has 148 valence electrons. The van der Waals surface area contributed by atoms with Gasteiger partial charge < -0.3 is 19.8 Å². The molecule has 0 bridgehead atoms. The van der Waals surface area contributed by atoms with Crippen molar-refractivity contribution in [3.8, 4) is 22.1 Å². The van der Waals surface area contributed by atoms with Crippen LogP contribution in [-0.2, 0) is 19.4 Å². The number of hydrogen-bond acceptors (Lipinski definition) is 5. The Labute approximate surface area is 168 Å². The normalized spacial score (nSPS) is 10.9. The van der Waals surface area contributed by atoms with E-state index in [1.54, 1.807) is 20.4 Å². The topological polar surface area (TPSA) is 79.4 Å². The molecule has 0 radical (unpaired) electrons. The van der Waals surface area contributed by atoms with E-state index in [0.717, 1.165) is 46.9 Å². The summed E-state index contributed by atoms with van der Waals surface area (Å²) in [6.07, 6.45) is 3.33. The molecule has 3 aromatic rings. The van der Waals surface area contributed by atoms with Crippen LogP contribution in [0.2, 0.25) is 0 Å². The Balaban J connectivity index is 1.99. The van der Waals surface area contributed by atoms with E-state index in [-0.39, 0.29) is 0 Å². The van der Waals surface area contributed by atoms with E-state index in [2.05, 4.69) is 16.5 Å². The number of benzene rings is 1. The van der Waals surface area contributed by atoms with Crippen LogP contribution in [0.4, 0.5) is 0 Å². The Morgan fingerprint density at radius 2 is 2.00 bits per heavy atom. The highest BCUT2D eigenvalue weighted by Gasteiger charge is 2.25. The molecule has 0 saturated carbocycles. The van der Waals surface area contributed by atoms with E-state index in [4.69, 9.17) is 15.2 Å². The number of ether oxygens (including phenoxy) is 2. The minimum Gasteiger partial charge on any atom is -0.493 e. The molecule has 3 rings (SSSR count). The predicted octanol–water partition coefficient (Wildman–Crippen LogP) is 3.84. The van der Waals surface area contributed by atoms with Crippen LogP contribution >= 0.6 is 11.3 Å². The molecule has 0 saturated heterocycles. The summed E-state index contributed by atoms with van der Waals surface area (Å²) in [7, 11) is 3.26. The number of amides is 1. The molecule has 28 heavy (non-hydrogen) atoms. The van der Waals surface area contributed by atoms with Crippen LogP contribution in [0, 0.1) is 6.92 Å². The van der Waals surface area contributed by atoms with Gasteiger partial charge in [-0.2, -0.15) is 0 Å². The number of aryl methyl sites for hydroxylation is 1. The van der Waals surface area contributed by atoms with Crippen LogP contribution in [0.3, 0.4) is 0 Å². The molecule has 0 atom stereocenters. The summed E-state index contributed by atoms with van der Waals surface area (Å²) in [4.78, 5) is 16.6. The largest absolute Gasteiger partial charge is 0.493 e. The Bertz CT molecular complexity index is 977. The molecule has 0 spiro atoms. The first-order valence-corrected chi connectivity index (χ1v) is 10.0. The predicted molar refractivity (Wildman–Crippen MR) is 111 cm³/mol. The number of aromatic nitrogens is 2. The quantitative estimate of drug-likeness (QED) is 0.624. The first kappa shape index (κ1) is 19.9. The number of thiazole rings is 1. The van der Waals surface area contributed by atoms with Crippen molar-refractivity contribution in [2.24, 2.45) is 5.73 Å². The molecule has 1 aromatic carbocycles. The van der Waals surface area contributed by atoms with Crippen LogP contribution in [-0.4, -0.2) is 29.7 Å². The zero-order valence-electron chi connectivity index (χ0n) is 16.6. The van der Waals surface area contributed by atoms with Gasteiger partial charge in [0.15, 0.2) is 11.5 Å². The summed E-state index contributed by atoms with van der Waals surface area (Å²) in [6.45, 7) is 4.77. The lowest BCUT2D eigenvalue weighted by Crippen LogP contribution is -2.14. The monoisotopic (exact) mass is 399 g/mol. The minimum atomic E-state index is -0.415. The summed E-state index contributed by atoms with van der Waals surface area (Å²) in [6, 6.07) is 5.93. The Morgan fingerprint density at radius 3 is 2.57 bits per heavy atom. The lowest BCUT2D eigenvalue weighted by Gasteiger charge is -2.13. The average Bonchev–Trinajstić information content (AvgIpc) is 3.31. The highest BCUT2D eigenvalue weighted by Crippen LogP contribution is 2.35. The van der Waals surface area contributed by atoms with Gasteiger partial charge in [0, 0.05) is 35.1 Å². The fraction of sp³-hybridized carbons (Fsp3) is 0.333. The number of hydrogen-bond donors (Lipinski definition) is 1. The van der Waals surface area contributed by atoms with Gasteiger partial charge in [-0.1, -0.05) is 13.0 Å². The summed E-state index contributed by atoms with van der Waals surface area (Å²) >= 11 is 1.52. The zero-order chi connectivity index (χ0) is 20.3. The lowest BCUT2D eigenvalue weighted by atomic mass is 10.1. The van der Waals surface area contributed by atoms with Gasteiger partial charge in [0.2, 0.25) is 0 Å². The highest BCUT2D eigenvalue weighted by atomic mass is 32.1. The van der Waals surface area contributed by atoms with Gasteiger partial charge in [0.05, 0.1) is 19.8 Å². The van der Waals surface area contributed by atoms with Crippen molar-refractivity contribution in [2.45, 2.75) is 33.2 Å². The SMILES string of the molecule is CCc1c(-c2nccs2)c(C(N)=O)c(C)n1CCc1ccc(OC)c(OC)c1. The van der Waals surface area contributed by atoms with Gasteiger partial charge >= 0.3 is 0 Å². The summed E-state index contributed by atoms with van der Waals surface area (Å²) in [5, 5.41) is 2.74. The molecule has 0 aliphatic heterocycles. The van der Waals surface area contributed by atoms with Crippen molar-refractivity contribution in [2.75, 3.05) is 14.2 Å². The molecule has 2 aromatic heterocycles. The van der Waals surface area contributed by atoms with Crippen LogP contribution in [0.25, 0.3) is 10.6 Å². The first-order chi connectivity index (χ1) is 13.5. The first-order valence-electron chi connectivity index (χ1n) is 9.14. The highest BCUT2D eigenvalue weighted by molar-refractivity contribution is 7.13. The Hall–Kier alpha value is -2.80. The van der Waals surface area contributed by atoms with Gasteiger partial charge in [0.1, 0.15) is 5.01 Å². The average molecular weight is 400 g/mol. The molecular weight excluding hydrogens is 374 g/mol. The molecule has 0 unspecified atom stereocenters. The van der Waals surface area contributed by atoms with Crippen LogP contribution in [0.1, 0.15) is 34.2 Å². The van der Waals surface area contributed by atoms with Gasteiger partial charge in [-0.15, -0.1) is 11.3 Å². The molecule has 2 N–H and O–H groups in total. The number of carbonyl (C=O) groups excluding carboxylic acids is 1. The van der Waals surface area contributed by atoms with Crippen molar-refractivity contribution < 1.29 is 14.3 Å². The molecule has 0 aliphatic carbocycles. The fourth-order valence-corrected chi connectivity index (χ4v) is 4.33. The van der Waals surface area contributed by atoms with Crippen LogP contribution in [0.15, 0.2) is 29.8 Å². The smallest absolute Gasteiger partial charge is 0.251 e. The Morgan fingerprint density at radius 1 is 1.25 bits per heavy atom. The maximum Gasteiger partial charge on any atom is 0.251 e. The van der Waals surface area contributed by atoms with Gasteiger partial charge in [-0.3, -0.25) is 4.79 Å². The second-order valence-corrected chi connectivity index (χ2v) is 7.32. The minimum absolute atomic E-state index is 0.415. The van der Waals surface area contributed by atoms with E-state index in [0.29, 0.717) is 17.1 Å². The second-order valence-electron chi connectivity index (χ2n) is 6.43. The maximum atomic E-state index is 12.2. The summed E-state index contributed by atoms with van der Waals surface area (Å²) in [5.41, 5.74) is 10.3. The Kier molecular flexibility index (Phi) is 6.04. The molecule has 7 heteroatoms. The third-order valence-electron chi connectivity index (χ3n) is 4.93. The molecule has 2 heterocycles. The van der Waals surface area contributed by atoms with E-state index in [9.17, 15) is 4.79 Å². The van der Waals surface area contributed by atoms with Crippen molar-refractivity contribution in [3.05, 3.63) is 52.3 Å². The number of primary amides is 1. The molecule has 0 aliphatic rings. The molecular formula is C21H25N3O3S. The van der Waals surface area contributed by atoms with E-state index in [1.807, 2.05) is 30.5 Å². The summed E-state index contributed by atoms with van der Waals surface area (Å²) in [5.74, 6) is 1.00. The molecule has 0 fully saturated rings. The van der Waals surface area contributed by atoms with Crippen LogP contribution < -0.4 is 15.2 Å². The van der Waals surface area contributed by atoms with Crippen molar-refractivity contribution in [1.82, 2.24) is 9.55 Å². The zero-order valence-corrected chi connectivity index (χ0v) is 17.4. The second kappa shape index (κ2) is 8.48. The number of methoxy groups -OCH3 is 2. The third-order valence-corrected chi connectivity index (χ3v) is 5.72. The van der Waals surface area contributed by atoms with Gasteiger partial charge in [-0.25, -0.2) is 4.98 Å². The van der Waals surface area contributed by atoms with E-state index >= 15 is 0 Å².